The van der Waals surface area contributed by atoms with Gasteiger partial charge in [-0.2, -0.15) is 0 Å². The molecular weight excluding hydrogens is 363 g/mol. The average molecular weight is 374 g/mol. The predicted octanol–water partition coefficient (Wildman–Crippen LogP) is 4.67. The van der Waals surface area contributed by atoms with Crippen LogP contribution in [0.2, 0.25) is 0 Å². The molecule has 0 saturated heterocycles. The van der Waals surface area contributed by atoms with E-state index in [1.54, 1.807) is 18.5 Å². The largest absolute Gasteiger partial charge is 0.381 e. The van der Waals surface area contributed by atoms with Gasteiger partial charge in [-0.15, -0.1) is 0 Å². The smallest absolute Gasteiger partial charge is 0.139 e. The molecule has 1 aromatic carbocycles. The molecule has 2 nitrogen and oxygen atoms in total. The van der Waals surface area contributed by atoms with Crippen LogP contribution >= 0.6 is 31.9 Å². The fourth-order valence-corrected chi connectivity index (χ4v) is 2.46. The van der Waals surface area contributed by atoms with Gasteiger partial charge in [0.2, 0.25) is 0 Å². The molecule has 94 valence electrons. The molecule has 0 fully saturated rings. The molecule has 0 aliphatic heterocycles. The van der Waals surface area contributed by atoms with Crippen molar-refractivity contribution in [1.29, 1.82) is 0 Å². The van der Waals surface area contributed by atoms with E-state index in [2.05, 4.69) is 42.2 Å². The van der Waals surface area contributed by atoms with Crippen LogP contribution in [0.5, 0.6) is 0 Å². The van der Waals surface area contributed by atoms with Gasteiger partial charge < -0.3 is 5.32 Å². The summed E-state index contributed by atoms with van der Waals surface area (Å²) in [7, 11) is 0. The van der Waals surface area contributed by atoms with Gasteiger partial charge >= 0.3 is 0 Å². The quantitative estimate of drug-likeness (QED) is 0.845. The SMILES string of the molecule is Cc1cc(Br)c(F)cc1NCc1cncc(Br)c1. The van der Waals surface area contributed by atoms with Gasteiger partial charge in [0.05, 0.1) is 4.47 Å². The first-order valence-corrected chi connectivity index (χ1v) is 6.94. The first kappa shape index (κ1) is 13.5. The zero-order valence-corrected chi connectivity index (χ0v) is 12.8. The lowest BCUT2D eigenvalue weighted by Crippen LogP contribution is -2.02. The third-order valence-electron chi connectivity index (χ3n) is 2.51. The third-order valence-corrected chi connectivity index (χ3v) is 3.55. The second-order valence-electron chi connectivity index (χ2n) is 3.95. The molecule has 0 saturated carbocycles. The highest BCUT2D eigenvalue weighted by molar-refractivity contribution is 9.10. The Morgan fingerprint density at radius 3 is 2.72 bits per heavy atom. The minimum absolute atomic E-state index is 0.268. The highest BCUT2D eigenvalue weighted by Crippen LogP contribution is 2.24. The van der Waals surface area contributed by atoms with Crippen molar-refractivity contribution < 1.29 is 4.39 Å². The van der Waals surface area contributed by atoms with Crippen molar-refractivity contribution in [1.82, 2.24) is 4.98 Å². The summed E-state index contributed by atoms with van der Waals surface area (Å²) in [6.07, 6.45) is 3.51. The van der Waals surface area contributed by atoms with Gasteiger partial charge in [-0.3, -0.25) is 4.98 Å². The average Bonchev–Trinajstić information content (AvgIpc) is 2.32. The maximum absolute atomic E-state index is 13.4. The number of benzene rings is 1. The van der Waals surface area contributed by atoms with Crippen LogP contribution < -0.4 is 5.32 Å². The van der Waals surface area contributed by atoms with Crippen molar-refractivity contribution >= 4 is 37.5 Å². The maximum atomic E-state index is 13.4. The van der Waals surface area contributed by atoms with Gasteiger partial charge in [-0.05, 0) is 68.1 Å². The summed E-state index contributed by atoms with van der Waals surface area (Å²) in [4.78, 5) is 4.08. The van der Waals surface area contributed by atoms with Crippen LogP contribution in [0.25, 0.3) is 0 Å². The minimum Gasteiger partial charge on any atom is -0.381 e. The molecule has 0 bridgehead atoms. The van der Waals surface area contributed by atoms with Crippen molar-refractivity contribution in [2.75, 3.05) is 5.32 Å². The number of nitrogens with one attached hydrogen (secondary N) is 1. The van der Waals surface area contributed by atoms with E-state index in [9.17, 15) is 4.39 Å². The maximum Gasteiger partial charge on any atom is 0.139 e. The van der Waals surface area contributed by atoms with Crippen LogP contribution in [0.15, 0.2) is 39.5 Å². The summed E-state index contributed by atoms with van der Waals surface area (Å²) in [5.74, 6) is -0.268. The minimum atomic E-state index is -0.268. The summed E-state index contributed by atoms with van der Waals surface area (Å²) in [5, 5.41) is 3.20. The van der Waals surface area contributed by atoms with Crippen LogP contribution in [0, 0.1) is 12.7 Å². The molecule has 0 unspecified atom stereocenters. The van der Waals surface area contributed by atoms with Crippen molar-refractivity contribution in [2.45, 2.75) is 13.5 Å². The number of rotatable bonds is 3. The molecule has 1 aromatic heterocycles. The Labute approximate surface area is 122 Å². The van der Waals surface area contributed by atoms with Crippen molar-refractivity contribution in [3.05, 3.63) is 56.5 Å². The third kappa shape index (κ3) is 3.29. The Hall–Kier alpha value is -0.940. The Kier molecular flexibility index (Phi) is 4.35. The number of nitrogens with zero attached hydrogens (tertiary/aromatic N) is 1. The number of hydrogen-bond donors (Lipinski definition) is 1. The molecule has 0 radical (unpaired) electrons. The molecule has 0 amide bonds. The Morgan fingerprint density at radius 1 is 1.22 bits per heavy atom. The van der Waals surface area contributed by atoms with Gasteiger partial charge in [0.25, 0.3) is 0 Å². The van der Waals surface area contributed by atoms with Gasteiger partial charge in [-0.1, -0.05) is 0 Å². The number of aryl methyl sites for hydroxylation is 1. The highest BCUT2D eigenvalue weighted by atomic mass is 79.9. The van der Waals surface area contributed by atoms with Gasteiger partial charge in [-0.25, -0.2) is 4.39 Å². The summed E-state index contributed by atoms with van der Waals surface area (Å²) >= 11 is 6.53. The number of aromatic nitrogens is 1. The number of halogens is 3. The second-order valence-corrected chi connectivity index (χ2v) is 5.72. The van der Waals surface area contributed by atoms with Crippen LogP contribution in [-0.2, 0) is 6.54 Å². The molecule has 1 N–H and O–H groups in total. The molecule has 1 heterocycles. The number of pyridine rings is 1. The molecule has 2 rings (SSSR count). The highest BCUT2D eigenvalue weighted by Gasteiger charge is 2.05. The molecular formula is C13H11Br2FN2. The fourth-order valence-electron chi connectivity index (χ4n) is 1.59. The van der Waals surface area contributed by atoms with Crippen molar-refractivity contribution in [2.24, 2.45) is 0 Å². The van der Waals surface area contributed by atoms with Crippen molar-refractivity contribution in [3.63, 3.8) is 0 Å². The van der Waals surface area contributed by atoms with E-state index in [1.165, 1.54) is 6.07 Å². The first-order valence-electron chi connectivity index (χ1n) is 5.35. The van der Waals surface area contributed by atoms with E-state index in [0.29, 0.717) is 11.0 Å². The Bertz CT molecular complexity index is 573. The Morgan fingerprint density at radius 2 is 2.00 bits per heavy atom. The van der Waals surface area contributed by atoms with E-state index < -0.39 is 0 Å². The number of anilines is 1. The lowest BCUT2D eigenvalue weighted by Gasteiger charge is -2.10. The van der Waals surface area contributed by atoms with Crippen LogP contribution in [0.1, 0.15) is 11.1 Å². The van der Waals surface area contributed by atoms with Crippen LogP contribution in [0.4, 0.5) is 10.1 Å². The zero-order chi connectivity index (χ0) is 13.1. The zero-order valence-electron chi connectivity index (χ0n) is 9.67. The lowest BCUT2D eigenvalue weighted by atomic mass is 10.2. The van der Waals surface area contributed by atoms with E-state index in [4.69, 9.17) is 0 Å². The molecule has 0 spiro atoms. The fraction of sp³-hybridized carbons (Fsp3) is 0.154. The topological polar surface area (TPSA) is 24.9 Å². The Balaban J connectivity index is 2.13. The van der Waals surface area contributed by atoms with Gasteiger partial charge in [0, 0.05) is 29.1 Å². The van der Waals surface area contributed by atoms with Gasteiger partial charge in [0.15, 0.2) is 0 Å². The molecule has 2 aromatic rings. The lowest BCUT2D eigenvalue weighted by molar-refractivity contribution is 0.621. The predicted molar refractivity (Wildman–Crippen MR) is 78.1 cm³/mol. The molecule has 0 aliphatic carbocycles. The summed E-state index contributed by atoms with van der Waals surface area (Å²) in [6.45, 7) is 2.54. The van der Waals surface area contributed by atoms with E-state index >= 15 is 0 Å². The number of hydrogen-bond acceptors (Lipinski definition) is 2. The standard InChI is InChI=1S/C13H11Br2FN2/c1-8-2-11(15)12(16)4-13(8)18-6-9-3-10(14)7-17-5-9/h2-5,7,18H,6H2,1H3. The normalized spacial score (nSPS) is 10.4. The van der Waals surface area contributed by atoms with E-state index in [-0.39, 0.29) is 5.82 Å². The molecule has 0 atom stereocenters. The summed E-state index contributed by atoms with van der Waals surface area (Å²) in [5.41, 5.74) is 2.81. The molecule has 0 aliphatic rings. The van der Waals surface area contributed by atoms with E-state index in [0.717, 1.165) is 21.3 Å². The van der Waals surface area contributed by atoms with Crippen LogP contribution in [-0.4, -0.2) is 4.98 Å². The molecule has 18 heavy (non-hydrogen) atoms. The summed E-state index contributed by atoms with van der Waals surface area (Å²) in [6, 6.07) is 5.23. The van der Waals surface area contributed by atoms with E-state index in [1.807, 2.05) is 13.0 Å². The second kappa shape index (κ2) is 5.80. The first-order chi connectivity index (χ1) is 8.56. The summed E-state index contributed by atoms with van der Waals surface area (Å²) < 4.78 is 14.9. The monoisotopic (exact) mass is 372 g/mol. The van der Waals surface area contributed by atoms with Crippen molar-refractivity contribution in [3.8, 4) is 0 Å². The van der Waals surface area contributed by atoms with Crippen LogP contribution in [0.3, 0.4) is 0 Å². The molecule has 5 heteroatoms. The van der Waals surface area contributed by atoms with Gasteiger partial charge in [0.1, 0.15) is 5.82 Å².